The van der Waals surface area contributed by atoms with Crippen molar-refractivity contribution in [1.29, 1.82) is 0 Å². The van der Waals surface area contributed by atoms with Crippen molar-refractivity contribution in [2.45, 2.75) is 12.6 Å². The zero-order valence-electron chi connectivity index (χ0n) is 10.4. The summed E-state index contributed by atoms with van der Waals surface area (Å²) in [6, 6.07) is 17.3. The van der Waals surface area contributed by atoms with Gasteiger partial charge in [-0.2, -0.15) is 0 Å². The van der Waals surface area contributed by atoms with E-state index in [2.05, 4.69) is 5.32 Å². The fourth-order valence-corrected chi connectivity index (χ4v) is 1.98. The SMILES string of the molecule is Cl.OC(CNCc1ccccc1Cl)c1ccccc1. The Labute approximate surface area is 124 Å². The van der Waals surface area contributed by atoms with E-state index in [1.807, 2.05) is 54.6 Å². The average Bonchev–Trinajstić information content (AvgIpc) is 2.42. The molecule has 0 aromatic heterocycles. The van der Waals surface area contributed by atoms with Crippen molar-refractivity contribution in [2.24, 2.45) is 0 Å². The summed E-state index contributed by atoms with van der Waals surface area (Å²) in [6.07, 6.45) is -0.492. The van der Waals surface area contributed by atoms with E-state index in [1.165, 1.54) is 0 Å². The Kier molecular flexibility index (Phi) is 6.89. The monoisotopic (exact) mass is 297 g/mol. The molecule has 4 heteroatoms. The molecule has 1 atom stereocenters. The molecule has 0 aliphatic heterocycles. The maximum absolute atomic E-state index is 9.97. The van der Waals surface area contributed by atoms with Gasteiger partial charge in [-0.05, 0) is 17.2 Å². The quantitative estimate of drug-likeness (QED) is 0.884. The number of aliphatic hydroxyl groups is 1. The van der Waals surface area contributed by atoms with Crippen LogP contribution in [0.5, 0.6) is 0 Å². The number of halogens is 2. The van der Waals surface area contributed by atoms with Crippen molar-refractivity contribution in [3.05, 3.63) is 70.7 Å². The molecule has 2 N–H and O–H groups in total. The van der Waals surface area contributed by atoms with Gasteiger partial charge >= 0.3 is 0 Å². The van der Waals surface area contributed by atoms with Crippen LogP contribution in [0, 0.1) is 0 Å². The fourth-order valence-electron chi connectivity index (χ4n) is 1.78. The Morgan fingerprint density at radius 1 is 1.00 bits per heavy atom. The number of nitrogens with one attached hydrogen (secondary N) is 1. The van der Waals surface area contributed by atoms with Crippen molar-refractivity contribution in [3.63, 3.8) is 0 Å². The Morgan fingerprint density at radius 2 is 1.63 bits per heavy atom. The third kappa shape index (κ3) is 4.84. The van der Waals surface area contributed by atoms with Crippen LogP contribution in [0.1, 0.15) is 17.2 Å². The highest BCUT2D eigenvalue weighted by Gasteiger charge is 2.06. The van der Waals surface area contributed by atoms with E-state index in [-0.39, 0.29) is 12.4 Å². The first-order chi connectivity index (χ1) is 8.77. The lowest BCUT2D eigenvalue weighted by atomic mass is 10.1. The number of hydrogen-bond donors (Lipinski definition) is 2. The molecule has 19 heavy (non-hydrogen) atoms. The molecule has 2 aromatic carbocycles. The Morgan fingerprint density at radius 3 is 2.32 bits per heavy atom. The summed E-state index contributed by atoms with van der Waals surface area (Å²) in [6.45, 7) is 1.17. The van der Waals surface area contributed by atoms with Crippen LogP contribution < -0.4 is 5.32 Å². The lowest BCUT2D eigenvalue weighted by Crippen LogP contribution is -2.21. The van der Waals surface area contributed by atoms with Gasteiger partial charge in [-0.1, -0.05) is 60.1 Å². The topological polar surface area (TPSA) is 32.3 Å². The molecule has 0 amide bonds. The molecular formula is C15H17Cl2NO. The lowest BCUT2D eigenvalue weighted by molar-refractivity contribution is 0.174. The van der Waals surface area contributed by atoms with Crippen LogP contribution in [0.25, 0.3) is 0 Å². The van der Waals surface area contributed by atoms with E-state index >= 15 is 0 Å². The highest BCUT2D eigenvalue weighted by molar-refractivity contribution is 6.31. The summed E-state index contributed by atoms with van der Waals surface area (Å²) in [4.78, 5) is 0. The van der Waals surface area contributed by atoms with Crippen molar-refractivity contribution in [3.8, 4) is 0 Å². The van der Waals surface area contributed by atoms with Gasteiger partial charge in [0.05, 0.1) is 6.10 Å². The summed E-state index contributed by atoms with van der Waals surface area (Å²) >= 11 is 6.05. The molecule has 0 spiro atoms. The third-order valence-electron chi connectivity index (χ3n) is 2.80. The zero-order valence-corrected chi connectivity index (χ0v) is 12.0. The predicted molar refractivity (Wildman–Crippen MR) is 81.8 cm³/mol. The number of hydrogen-bond acceptors (Lipinski definition) is 2. The van der Waals surface area contributed by atoms with Gasteiger partial charge in [0, 0.05) is 18.1 Å². The molecule has 1 unspecified atom stereocenters. The highest BCUT2D eigenvalue weighted by Crippen LogP contribution is 2.15. The molecule has 2 nitrogen and oxygen atoms in total. The lowest BCUT2D eigenvalue weighted by Gasteiger charge is -2.12. The summed E-state index contributed by atoms with van der Waals surface area (Å²) in [5.74, 6) is 0. The van der Waals surface area contributed by atoms with Crippen LogP contribution in [0.2, 0.25) is 5.02 Å². The maximum atomic E-state index is 9.97. The third-order valence-corrected chi connectivity index (χ3v) is 3.16. The number of rotatable bonds is 5. The van der Waals surface area contributed by atoms with Crippen molar-refractivity contribution >= 4 is 24.0 Å². The first-order valence-corrected chi connectivity index (χ1v) is 6.32. The first-order valence-electron chi connectivity index (χ1n) is 5.94. The second-order valence-electron chi connectivity index (χ2n) is 4.15. The van der Waals surface area contributed by atoms with Crippen molar-refractivity contribution in [1.82, 2.24) is 5.32 Å². The summed E-state index contributed by atoms with van der Waals surface area (Å²) in [5, 5.41) is 13.9. The van der Waals surface area contributed by atoms with E-state index in [4.69, 9.17) is 11.6 Å². The van der Waals surface area contributed by atoms with E-state index in [0.717, 1.165) is 16.1 Å². The van der Waals surface area contributed by atoms with Crippen LogP contribution in [0.15, 0.2) is 54.6 Å². The predicted octanol–water partition coefficient (Wildman–Crippen LogP) is 3.59. The molecule has 0 saturated carbocycles. The molecule has 0 aliphatic carbocycles. The molecule has 0 fully saturated rings. The van der Waals surface area contributed by atoms with Gasteiger partial charge in [-0.25, -0.2) is 0 Å². The summed E-state index contributed by atoms with van der Waals surface area (Å²) in [7, 11) is 0. The molecule has 0 bridgehead atoms. The minimum atomic E-state index is -0.492. The molecule has 0 aliphatic rings. The maximum Gasteiger partial charge on any atom is 0.0914 e. The van der Waals surface area contributed by atoms with Gasteiger partial charge < -0.3 is 10.4 Å². The zero-order chi connectivity index (χ0) is 12.8. The van der Waals surface area contributed by atoms with Gasteiger partial charge in [0.25, 0.3) is 0 Å². The molecule has 2 aromatic rings. The normalized spacial score (nSPS) is 11.7. The van der Waals surface area contributed by atoms with Crippen LogP contribution in [-0.2, 0) is 6.54 Å². The standard InChI is InChI=1S/C15H16ClNO.ClH/c16-14-9-5-4-8-13(14)10-17-11-15(18)12-6-2-1-3-7-12;/h1-9,15,17-18H,10-11H2;1H. The van der Waals surface area contributed by atoms with Gasteiger partial charge in [0.15, 0.2) is 0 Å². The van der Waals surface area contributed by atoms with Crippen LogP contribution >= 0.6 is 24.0 Å². The smallest absolute Gasteiger partial charge is 0.0914 e. The molecular weight excluding hydrogens is 281 g/mol. The summed E-state index contributed by atoms with van der Waals surface area (Å²) < 4.78 is 0. The number of aliphatic hydroxyl groups excluding tert-OH is 1. The van der Waals surface area contributed by atoms with Crippen LogP contribution in [0.3, 0.4) is 0 Å². The minimum absolute atomic E-state index is 0. The van der Waals surface area contributed by atoms with E-state index in [0.29, 0.717) is 13.1 Å². The van der Waals surface area contributed by atoms with Gasteiger partial charge in [0.2, 0.25) is 0 Å². The molecule has 2 rings (SSSR count). The minimum Gasteiger partial charge on any atom is -0.387 e. The molecule has 0 heterocycles. The molecule has 0 radical (unpaired) electrons. The van der Waals surface area contributed by atoms with Gasteiger partial charge in [-0.3, -0.25) is 0 Å². The van der Waals surface area contributed by atoms with Gasteiger partial charge in [0.1, 0.15) is 0 Å². The Balaban J connectivity index is 0.00000180. The average molecular weight is 298 g/mol. The molecule has 0 saturated heterocycles. The fraction of sp³-hybridized carbons (Fsp3) is 0.200. The number of benzene rings is 2. The highest BCUT2D eigenvalue weighted by atomic mass is 35.5. The van der Waals surface area contributed by atoms with E-state index < -0.39 is 6.10 Å². The van der Waals surface area contributed by atoms with Crippen LogP contribution in [0.4, 0.5) is 0 Å². The largest absolute Gasteiger partial charge is 0.387 e. The second kappa shape index (κ2) is 8.18. The first kappa shape index (κ1) is 16.0. The van der Waals surface area contributed by atoms with E-state index in [9.17, 15) is 5.11 Å². The van der Waals surface area contributed by atoms with Gasteiger partial charge in [-0.15, -0.1) is 12.4 Å². The van der Waals surface area contributed by atoms with E-state index in [1.54, 1.807) is 0 Å². The Bertz CT molecular complexity index is 491. The van der Waals surface area contributed by atoms with Crippen molar-refractivity contribution < 1.29 is 5.11 Å². The second-order valence-corrected chi connectivity index (χ2v) is 4.56. The Hall–Kier alpha value is -1.06. The van der Waals surface area contributed by atoms with Crippen LogP contribution in [-0.4, -0.2) is 11.7 Å². The summed E-state index contributed by atoms with van der Waals surface area (Å²) in [5.41, 5.74) is 1.96. The van der Waals surface area contributed by atoms with Crippen molar-refractivity contribution in [2.75, 3.05) is 6.54 Å². The molecule has 102 valence electrons.